The van der Waals surface area contributed by atoms with Crippen molar-refractivity contribution in [2.45, 2.75) is 45.8 Å². The monoisotopic (exact) mass is 1190 g/mol. The van der Waals surface area contributed by atoms with Gasteiger partial charge in [0.15, 0.2) is 0 Å². The van der Waals surface area contributed by atoms with E-state index in [0.29, 0.717) is 0 Å². The Morgan fingerprint density at radius 1 is 0.254 bits per heavy atom. The molecule has 0 atom stereocenters. The molecular formula is C43H39Br3S9Si4. The molecule has 9 aromatic rings. The van der Waals surface area contributed by atoms with Crippen LogP contribution in [0.25, 0.3) is 58.5 Å². The molecule has 9 rings (SSSR count). The fourth-order valence-electron chi connectivity index (χ4n) is 8.65. The summed E-state index contributed by atoms with van der Waals surface area (Å²) in [5.41, 5.74) is 0. The highest BCUT2D eigenvalue weighted by Gasteiger charge is 2.66. The Hall–Kier alpha value is -0.392. The molecule has 0 saturated heterocycles. The number of thiophene rings is 9. The molecule has 0 aromatic carbocycles. The fraction of sp³-hybridized carbons (Fsp3) is 0.163. The summed E-state index contributed by atoms with van der Waals surface area (Å²) in [5, 5.41) is 0. The maximum atomic E-state index is 3.68. The van der Waals surface area contributed by atoms with Gasteiger partial charge in [0.2, 0.25) is 0 Å². The van der Waals surface area contributed by atoms with Gasteiger partial charge in [-0.3, -0.25) is 0 Å². The van der Waals surface area contributed by atoms with Crippen molar-refractivity contribution in [1.29, 1.82) is 0 Å². The normalized spacial score (nSPS) is 12.9. The molecule has 0 spiro atoms. The van der Waals surface area contributed by atoms with Crippen LogP contribution in [0.4, 0.5) is 0 Å². The first-order valence-electron chi connectivity index (χ1n) is 18.9. The van der Waals surface area contributed by atoms with E-state index in [9.17, 15) is 0 Å². The number of rotatable bonds is 12. The molecule has 0 aliphatic heterocycles. The third-order valence-corrected chi connectivity index (χ3v) is 102. The van der Waals surface area contributed by atoms with Crippen molar-refractivity contribution in [2.75, 3.05) is 0 Å². The van der Waals surface area contributed by atoms with Gasteiger partial charge in [0.1, 0.15) is 0 Å². The van der Waals surface area contributed by atoms with Crippen molar-refractivity contribution in [3.05, 3.63) is 121 Å². The average Bonchev–Trinajstić information content (AvgIpc) is 4.03. The molecule has 0 amide bonds. The minimum Gasteiger partial charge on any atom is -0.144 e. The van der Waals surface area contributed by atoms with E-state index >= 15 is 0 Å². The summed E-state index contributed by atoms with van der Waals surface area (Å²) in [4.78, 5) is 16.5. The topological polar surface area (TPSA) is 0 Å². The zero-order valence-corrected chi connectivity index (χ0v) is 49.3. The van der Waals surface area contributed by atoms with Crippen molar-refractivity contribution >= 4 is 193 Å². The Morgan fingerprint density at radius 3 is 0.661 bits per heavy atom. The quantitative estimate of drug-likeness (QED) is 0.107. The lowest BCUT2D eigenvalue weighted by molar-refractivity contribution is 1.80. The van der Waals surface area contributed by atoms with Crippen LogP contribution < -0.4 is 13.5 Å². The lowest BCUT2D eigenvalue weighted by Crippen LogP contribution is -2.90. The van der Waals surface area contributed by atoms with E-state index in [0.717, 1.165) is 0 Å². The van der Waals surface area contributed by atoms with E-state index in [1.165, 1.54) is 69.9 Å². The van der Waals surface area contributed by atoms with Crippen LogP contribution in [0.15, 0.2) is 121 Å². The molecule has 0 aliphatic rings. The molecule has 302 valence electrons. The van der Waals surface area contributed by atoms with E-state index in [-0.39, 0.29) is 0 Å². The molecule has 0 saturated carbocycles. The first-order chi connectivity index (χ1) is 28.0. The summed E-state index contributed by atoms with van der Waals surface area (Å²) in [6.07, 6.45) is 0. The van der Waals surface area contributed by atoms with E-state index in [1.807, 2.05) is 68.0 Å². The Kier molecular flexibility index (Phi) is 12.5. The van der Waals surface area contributed by atoms with E-state index < -0.39 is 29.4 Å². The molecule has 0 radical (unpaired) electrons. The highest BCUT2D eigenvalue weighted by atomic mass is 79.9. The Labute approximate surface area is 412 Å². The lowest BCUT2D eigenvalue weighted by Gasteiger charge is -2.57. The van der Waals surface area contributed by atoms with Gasteiger partial charge in [-0.25, -0.2) is 0 Å². The van der Waals surface area contributed by atoms with Gasteiger partial charge < -0.3 is 0 Å². The average molecular weight is 1200 g/mol. The summed E-state index contributed by atoms with van der Waals surface area (Å²) in [5.74, 6) is 0. The second kappa shape index (κ2) is 16.9. The van der Waals surface area contributed by atoms with Crippen LogP contribution in [-0.2, 0) is 0 Å². The molecule has 0 aliphatic carbocycles. The van der Waals surface area contributed by atoms with Crippen molar-refractivity contribution in [3.63, 3.8) is 0 Å². The number of hydrogen-bond acceptors (Lipinski definition) is 9. The van der Waals surface area contributed by atoms with Gasteiger partial charge >= 0.3 is 0 Å². The van der Waals surface area contributed by atoms with E-state index in [1.54, 1.807) is 13.5 Å². The van der Waals surface area contributed by atoms with Gasteiger partial charge in [-0.15, -0.1) is 102 Å². The van der Waals surface area contributed by atoms with Crippen LogP contribution in [0.2, 0.25) is 45.8 Å². The minimum absolute atomic E-state index is 1.19. The molecular weight excluding hydrogens is 1160 g/mol. The lowest BCUT2D eigenvalue weighted by atomic mass is 10.3. The van der Waals surface area contributed by atoms with Crippen LogP contribution in [0.5, 0.6) is 0 Å². The summed E-state index contributed by atoms with van der Waals surface area (Å²) in [7, 11) is -6.17. The van der Waals surface area contributed by atoms with Crippen molar-refractivity contribution in [3.8, 4) is 58.5 Å². The first kappa shape index (κ1) is 43.8. The molecule has 16 heteroatoms. The standard InChI is InChI=1S/C43H39Br3S9Si4/c1-56(2,41-23-17-35(53-41)29-11-8-26(47-29)32-14-20-38(44)50-32)59(7,57(3,4)42-24-18-36(54-42)30-12-9-27(48-30)33-15-21-39(45)51-33)58(5,6)43-25-19-37(55-43)31-13-10-28(49-31)34-16-22-40(46)52-34/h8-25H,1-7H3. The Balaban J connectivity index is 1.11. The van der Waals surface area contributed by atoms with Crippen molar-refractivity contribution in [2.24, 2.45) is 0 Å². The maximum absolute atomic E-state index is 3.68. The van der Waals surface area contributed by atoms with Gasteiger partial charge in [-0.1, -0.05) is 64.0 Å². The smallest absolute Gasteiger partial charge is 0.0827 e. The minimum atomic E-state index is -2.10. The molecule has 0 N–H and O–H groups in total. The van der Waals surface area contributed by atoms with Crippen LogP contribution in [0.3, 0.4) is 0 Å². The predicted octanol–water partition coefficient (Wildman–Crippen LogP) is 18.0. The van der Waals surface area contributed by atoms with Crippen LogP contribution in [0, 0.1) is 0 Å². The second-order valence-electron chi connectivity index (χ2n) is 16.3. The van der Waals surface area contributed by atoms with Gasteiger partial charge in [0, 0.05) is 58.5 Å². The fourth-order valence-corrected chi connectivity index (χ4v) is 111. The molecule has 0 fully saturated rings. The highest BCUT2D eigenvalue weighted by Crippen LogP contribution is 2.46. The zero-order chi connectivity index (χ0) is 41.5. The highest BCUT2D eigenvalue weighted by molar-refractivity contribution is 9.11. The summed E-state index contributed by atoms with van der Waals surface area (Å²) < 4.78 is 8.64. The van der Waals surface area contributed by atoms with Gasteiger partial charge in [0.25, 0.3) is 0 Å². The van der Waals surface area contributed by atoms with Crippen LogP contribution >= 0.6 is 150 Å². The third-order valence-electron chi connectivity index (χ3n) is 12.4. The summed E-state index contributed by atoms with van der Waals surface area (Å²) >= 11 is 28.7. The van der Waals surface area contributed by atoms with Gasteiger partial charge in [-0.05, 0) is 152 Å². The number of halogens is 3. The molecule has 9 heterocycles. The molecule has 0 unspecified atom stereocenters. The molecule has 0 bridgehead atoms. The molecule has 9 aromatic heterocycles. The predicted molar refractivity (Wildman–Crippen MR) is 299 cm³/mol. The zero-order valence-electron chi connectivity index (χ0n) is 33.2. The van der Waals surface area contributed by atoms with Crippen molar-refractivity contribution in [1.82, 2.24) is 0 Å². The first-order valence-corrected chi connectivity index (χ1v) is 43.2. The largest absolute Gasteiger partial charge is 0.144 e. The Morgan fingerprint density at radius 2 is 0.441 bits per heavy atom. The summed E-state index contributed by atoms with van der Waals surface area (Å²) in [6, 6.07) is 42.3. The van der Waals surface area contributed by atoms with E-state index in [2.05, 4.69) is 237 Å². The van der Waals surface area contributed by atoms with Crippen LogP contribution in [-0.4, -0.2) is 29.4 Å². The van der Waals surface area contributed by atoms with Crippen molar-refractivity contribution < 1.29 is 0 Å². The van der Waals surface area contributed by atoms with E-state index in [4.69, 9.17) is 0 Å². The number of hydrogen-bond donors (Lipinski definition) is 0. The molecule has 0 nitrogen and oxygen atoms in total. The maximum Gasteiger partial charge on any atom is 0.0827 e. The SMILES string of the molecule is C[Si](C)(c1ccc(-c2ccc(-c3ccc(Br)s3)s2)s1)[Si](C)([Si](C)(C)c1ccc(-c2ccc(-c3ccc(Br)s3)s2)s1)[Si](C)(C)c1ccc(-c2ccc(-c3ccc(Br)s3)s2)s1. The second-order valence-corrected chi connectivity index (χ2v) is 69.6. The Bertz CT molecular complexity index is 2610. The third kappa shape index (κ3) is 7.96. The van der Waals surface area contributed by atoms with Gasteiger partial charge in [-0.2, -0.15) is 0 Å². The van der Waals surface area contributed by atoms with Gasteiger partial charge in [0.05, 0.1) is 40.8 Å². The molecule has 59 heavy (non-hydrogen) atoms. The summed E-state index contributed by atoms with van der Waals surface area (Å²) in [6.45, 7) is 17.6. The van der Waals surface area contributed by atoms with Crippen LogP contribution in [0.1, 0.15) is 0 Å².